The minimum Gasteiger partial charge on any atom is -0.335 e. The van der Waals surface area contributed by atoms with Crippen LogP contribution in [-0.2, 0) is 15.8 Å². The molecule has 1 heterocycles. The minimum absolute atomic E-state index is 0.0257. The van der Waals surface area contributed by atoms with Crippen LogP contribution in [0.3, 0.4) is 0 Å². The van der Waals surface area contributed by atoms with Crippen molar-refractivity contribution >= 4 is 29.1 Å². The van der Waals surface area contributed by atoms with Gasteiger partial charge in [-0.25, -0.2) is 0 Å². The number of rotatable bonds is 5. The molecule has 150 valence electrons. The van der Waals surface area contributed by atoms with Crippen molar-refractivity contribution in [1.29, 1.82) is 0 Å². The molecule has 1 saturated heterocycles. The van der Waals surface area contributed by atoms with E-state index >= 15 is 0 Å². The van der Waals surface area contributed by atoms with Gasteiger partial charge in [0.25, 0.3) is 0 Å². The van der Waals surface area contributed by atoms with Crippen molar-refractivity contribution in [2.45, 2.75) is 38.4 Å². The molecule has 0 bridgehead atoms. The van der Waals surface area contributed by atoms with E-state index in [9.17, 15) is 22.8 Å². The van der Waals surface area contributed by atoms with Crippen molar-refractivity contribution in [3.8, 4) is 0 Å². The van der Waals surface area contributed by atoms with Crippen LogP contribution in [0.15, 0.2) is 18.2 Å². The third-order valence-electron chi connectivity index (χ3n) is 4.64. The van der Waals surface area contributed by atoms with Gasteiger partial charge >= 0.3 is 6.18 Å². The van der Waals surface area contributed by atoms with Crippen molar-refractivity contribution < 1.29 is 22.8 Å². The van der Waals surface area contributed by atoms with Gasteiger partial charge in [0.1, 0.15) is 0 Å². The summed E-state index contributed by atoms with van der Waals surface area (Å²) < 4.78 is 38.6. The number of halogens is 4. The number of benzene rings is 1. The van der Waals surface area contributed by atoms with Gasteiger partial charge in [0, 0.05) is 18.8 Å². The van der Waals surface area contributed by atoms with Crippen molar-refractivity contribution in [2.24, 2.45) is 0 Å². The van der Waals surface area contributed by atoms with Gasteiger partial charge in [-0.05, 0) is 44.5 Å². The molecule has 2 amide bonds. The molecule has 0 aromatic heterocycles. The van der Waals surface area contributed by atoms with Crippen molar-refractivity contribution in [3.63, 3.8) is 0 Å². The second-order valence-corrected chi connectivity index (χ2v) is 7.21. The lowest BCUT2D eigenvalue weighted by atomic mass is 10.0. The molecule has 0 radical (unpaired) electrons. The van der Waals surface area contributed by atoms with Crippen LogP contribution in [0.2, 0.25) is 5.02 Å². The van der Waals surface area contributed by atoms with Gasteiger partial charge in [-0.1, -0.05) is 18.0 Å². The average Bonchev–Trinajstić information content (AvgIpc) is 2.57. The fourth-order valence-electron chi connectivity index (χ4n) is 3.01. The first-order valence-electron chi connectivity index (χ1n) is 8.72. The van der Waals surface area contributed by atoms with Gasteiger partial charge < -0.3 is 10.2 Å². The Labute approximate surface area is 161 Å². The zero-order chi connectivity index (χ0) is 20.2. The molecule has 1 aliphatic heterocycles. The predicted molar refractivity (Wildman–Crippen MR) is 97.6 cm³/mol. The normalized spacial score (nSPS) is 18.2. The standard InChI is InChI=1S/C18H23ClF3N3O2/c1-12-5-3-4-8-25(12)11-17(27)24(2)10-16(26)23-13-6-7-15(19)14(9-13)18(20,21)22/h6-7,9,12H,3-5,8,10-11H2,1-2H3,(H,23,26)/t12-/m0/s1. The van der Waals surface area contributed by atoms with E-state index in [-0.39, 0.29) is 24.7 Å². The van der Waals surface area contributed by atoms with E-state index in [4.69, 9.17) is 11.6 Å². The highest BCUT2D eigenvalue weighted by Crippen LogP contribution is 2.36. The molecule has 5 nitrogen and oxygen atoms in total. The molecule has 1 aliphatic rings. The van der Waals surface area contributed by atoms with E-state index in [0.29, 0.717) is 6.04 Å². The number of nitrogens with one attached hydrogen (secondary N) is 1. The fraction of sp³-hybridized carbons (Fsp3) is 0.556. The van der Waals surface area contributed by atoms with Gasteiger partial charge in [0.15, 0.2) is 0 Å². The molecular weight excluding hydrogens is 383 g/mol. The van der Waals surface area contributed by atoms with E-state index in [0.717, 1.165) is 37.9 Å². The van der Waals surface area contributed by atoms with E-state index in [1.807, 2.05) is 0 Å². The van der Waals surface area contributed by atoms with Crippen LogP contribution in [0.1, 0.15) is 31.7 Å². The number of hydrogen-bond donors (Lipinski definition) is 1. The molecule has 1 aromatic rings. The fourth-order valence-corrected chi connectivity index (χ4v) is 3.24. The molecule has 1 aromatic carbocycles. The number of alkyl halides is 3. The van der Waals surface area contributed by atoms with E-state index < -0.39 is 22.7 Å². The highest BCUT2D eigenvalue weighted by molar-refractivity contribution is 6.31. The summed E-state index contributed by atoms with van der Waals surface area (Å²) in [5, 5.41) is 1.93. The highest BCUT2D eigenvalue weighted by atomic mass is 35.5. The molecular formula is C18H23ClF3N3O2. The van der Waals surface area contributed by atoms with Gasteiger partial charge in [-0.15, -0.1) is 0 Å². The van der Waals surface area contributed by atoms with Crippen LogP contribution in [0.4, 0.5) is 18.9 Å². The summed E-state index contributed by atoms with van der Waals surface area (Å²) in [6.45, 7) is 2.89. The third kappa shape index (κ3) is 6.10. The molecule has 0 unspecified atom stereocenters. The number of likely N-dealkylation sites (N-methyl/N-ethyl adjacent to an activating group) is 1. The Hall–Kier alpha value is -1.80. The maximum Gasteiger partial charge on any atom is 0.417 e. The quantitative estimate of drug-likeness (QED) is 0.813. The third-order valence-corrected chi connectivity index (χ3v) is 4.97. The second-order valence-electron chi connectivity index (χ2n) is 6.81. The molecule has 1 atom stereocenters. The summed E-state index contributed by atoms with van der Waals surface area (Å²) in [5.41, 5.74) is -1.05. The smallest absolute Gasteiger partial charge is 0.335 e. The zero-order valence-corrected chi connectivity index (χ0v) is 16.0. The maximum atomic E-state index is 12.9. The van der Waals surface area contributed by atoms with Crippen LogP contribution < -0.4 is 5.32 Å². The Bertz CT molecular complexity index is 697. The summed E-state index contributed by atoms with van der Waals surface area (Å²) in [7, 11) is 1.50. The van der Waals surface area contributed by atoms with E-state index in [1.165, 1.54) is 18.0 Å². The summed E-state index contributed by atoms with van der Waals surface area (Å²) in [6, 6.07) is 3.45. The van der Waals surface area contributed by atoms with E-state index in [1.54, 1.807) is 0 Å². The Morgan fingerprint density at radius 3 is 2.67 bits per heavy atom. The number of carbonyl (C=O) groups excluding carboxylic acids is 2. The van der Waals surface area contributed by atoms with Crippen LogP contribution in [0, 0.1) is 0 Å². The van der Waals surface area contributed by atoms with Gasteiger partial charge in [0.2, 0.25) is 11.8 Å². The Balaban J connectivity index is 1.92. The second kappa shape index (κ2) is 8.93. The zero-order valence-electron chi connectivity index (χ0n) is 15.3. The van der Waals surface area contributed by atoms with Crippen LogP contribution in [0.25, 0.3) is 0 Å². The first-order chi connectivity index (χ1) is 12.6. The highest BCUT2D eigenvalue weighted by Gasteiger charge is 2.33. The first kappa shape index (κ1) is 21.5. The number of carbonyl (C=O) groups is 2. The number of amides is 2. The number of nitrogens with zero attached hydrogens (tertiary/aromatic N) is 2. The largest absolute Gasteiger partial charge is 0.417 e. The van der Waals surface area contributed by atoms with Crippen molar-refractivity contribution in [2.75, 3.05) is 32.0 Å². The van der Waals surface area contributed by atoms with Crippen LogP contribution >= 0.6 is 11.6 Å². The van der Waals surface area contributed by atoms with Crippen LogP contribution in [0.5, 0.6) is 0 Å². The van der Waals surface area contributed by atoms with Crippen molar-refractivity contribution in [1.82, 2.24) is 9.80 Å². The molecule has 2 rings (SSSR count). The van der Waals surface area contributed by atoms with Gasteiger partial charge in [-0.3, -0.25) is 14.5 Å². The molecule has 0 saturated carbocycles. The minimum atomic E-state index is -4.62. The lowest BCUT2D eigenvalue weighted by Crippen LogP contribution is -2.46. The SMILES string of the molecule is C[C@H]1CCCCN1CC(=O)N(C)CC(=O)Nc1ccc(Cl)c(C(F)(F)F)c1. The van der Waals surface area contributed by atoms with Gasteiger partial charge in [0.05, 0.1) is 23.7 Å². The molecule has 0 spiro atoms. The molecule has 1 fully saturated rings. The number of piperidine rings is 1. The molecule has 27 heavy (non-hydrogen) atoms. The summed E-state index contributed by atoms with van der Waals surface area (Å²) in [5.74, 6) is -0.779. The summed E-state index contributed by atoms with van der Waals surface area (Å²) >= 11 is 5.56. The predicted octanol–water partition coefficient (Wildman–Crippen LogP) is 3.63. The number of likely N-dealkylation sites (tertiary alicyclic amines) is 1. The topological polar surface area (TPSA) is 52.7 Å². The summed E-state index contributed by atoms with van der Waals surface area (Å²) in [4.78, 5) is 27.8. The molecule has 0 aliphatic carbocycles. The van der Waals surface area contributed by atoms with Gasteiger partial charge in [-0.2, -0.15) is 13.2 Å². The van der Waals surface area contributed by atoms with Crippen LogP contribution in [-0.4, -0.2) is 54.3 Å². The van der Waals surface area contributed by atoms with E-state index in [2.05, 4.69) is 17.1 Å². The number of hydrogen-bond acceptors (Lipinski definition) is 3. The monoisotopic (exact) mass is 405 g/mol. The Kier molecular flexibility index (Phi) is 7.11. The number of anilines is 1. The first-order valence-corrected chi connectivity index (χ1v) is 9.10. The molecule has 1 N–H and O–H groups in total. The average molecular weight is 406 g/mol. The Morgan fingerprint density at radius 1 is 1.33 bits per heavy atom. The summed E-state index contributed by atoms with van der Waals surface area (Å²) in [6.07, 6.45) is -1.39. The lowest BCUT2D eigenvalue weighted by molar-refractivity contribution is -0.137. The lowest BCUT2D eigenvalue weighted by Gasteiger charge is -2.33. The maximum absolute atomic E-state index is 12.9. The Morgan fingerprint density at radius 2 is 2.04 bits per heavy atom. The molecule has 9 heteroatoms. The van der Waals surface area contributed by atoms with Crippen molar-refractivity contribution in [3.05, 3.63) is 28.8 Å².